The van der Waals surface area contributed by atoms with E-state index in [2.05, 4.69) is 4.98 Å². The third-order valence-electron chi connectivity index (χ3n) is 2.61. The van der Waals surface area contributed by atoms with Gasteiger partial charge in [0.15, 0.2) is 23.3 Å². The molecule has 0 saturated carbocycles. The van der Waals surface area contributed by atoms with Crippen LogP contribution >= 0.6 is 0 Å². The summed E-state index contributed by atoms with van der Waals surface area (Å²) < 4.78 is 79.1. The van der Waals surface area contributed by atoms with Crippen molar-refractivity contribution in [2.24, 2.45) is 0 Å². The molecule has 1 aromatic heterocycles. The molecule has 0 fully saturated rings. The van der Waals surface area contributed by atoms with Gasteiger partial charge in [-0.25, -0.2) is 26.9 Å². The van der Waals surface area contributed by atoms with Gasteiger partial charge >= 0.3 is 0 Å². The van der Waals surface area contributed by atoms with Gasteiger partial charge in [-0.15, -0.1) is 0 Å². The second kappa shape index (κ2) is 5.12. The quantitative estimate of drug-likeness (QED) is 0.399. The first-order chi connectivity index (χ1) is 9.38. The highest BCUT2D eigenvalue weighted by Gasteiger charge is 2.28. The highest BCUT2D eigenvalue weighted by Crippen LogP contribution is 2.33. The number of aromatic nitrogens is 1. The summed E-state index contributed by atoms with van der Waals surface area (Å²) >= 11 is 0. The number of aliphatic hydroxyl groups is 1. The molecule has 0 aliphatic rings. The van der Waals surface area contributed by atoms with E-state index in [1.807, 2.05) is 0 Å². The normalized spacial score (nSPS) is 10.9. The minimum Gasteiger partial charge on any atom is -0.392 e. The molecular formula is C12H5F6NO. The van der Waals surface area contributed by atoms with E-state index in [1.54, 1.807) is 0 Å². The number of nitrogens with zero attached hydrogens (tertiary/aromatic N) is 1. The van der Waals surface area contributed by atoms with Gasteiger partial charge in [-0.05, 0) is 11.6 Å². The lowest BCUT2D eigenvalue weighted by Crippen LogP contribution is -2.06. The number of rotatable bonds is 2. The summed E-state index contributed by atoms with van der Waals surface area (Å²) in [7, 11) is 0. The van der Waals surface area contributed by atoms with Crippen molar-refractivity contribution in [3.05, 3.63) is 52.9 Å². The van der Waals surface area contributed by atoms with Gasteiger partial charge < -0.3 is 5.11 Å². The van der Waals surface area contributed by atoms with Crippen molar-refractivity contribution in [3.63, 3.8) is 0 Å². The fourth-order valence-corrected chi connectivity index (χ4v) is 1.67. The highest BCUT2D eigenvalue weighted by molar-refractivity contribution is 5.68. The molecule has 0 aliphatic carbocycles. The largest absolute Gasteiger partial charge is 0.392 e. The van der Waals surface area contributed by atoms with Crippen LogP contribution in [-0.2, 0) is 6.61 Å². The minimum atomic E-state index is -2.30. The molecule has 2 nitrogen and oxygen atoms in total. The van der Waals surface area contributed by atoms with Gasteiger partial charge in [0.2, 0.25) is 11.8 Å². The molecule has 0 atom stereocenters. The van der Waals surface area contributed by atoms with Crippen LogP contribution in [0.2, 0.25) is 0 Å². The van der Waals surface area contributed by atoms with Gasteiger partial charge in [0.25, 0.3) is 0 Å². The molecule has 0 spiro atoms. The SMILES string of the molecule is OCc1cc(F)ncc1-c1c(F)c(F)c(F)c(F)c1F. The van der Waals surface area contributed by atoms with Crippen molar-refractivity contribution in [1.82, 2.24) is 4.98 Å². The topological polar surface area (TPSA) is 33.1 Å². The smallest absolute Gasteiger partial charge is 0.213 e. The van der Waals surface area contributed by atoms with Crippen molar-refractivity contribution in [3.8, 4) is 11.1 Å². The summed E-state index contributed by atoms with van der Waals surface area (Å²) in [6.07, 6.45) is 0.583. The van der Waals surface area contributed by atoms with Crippen molar-refractivity contribution < 1.29 is 31.4 Å². The molecule has 8 heteroatoms. The third kappa shape index (κ3) is 2.11. The van der Waals surface area contributed by atoms with E-state index in [0.717, 1.165) is 0 Å². The maximum Gasteiger partial charge on any atom is 0.213 e. The zero-order valence-electron chi connectivity index (χ0n) is 9.52. The molecule has 0 amide bonds. The molecule has 0 aliphatic heterocycles. The Labute approximate surface area is 108 Å². The van der Waals surface area contributed by atoms with Crippen LogP contribution in [0.15, 0.2) is 12.3 Å². The van der Waals surface area contributed by atoms with Crippen molar-refractivity contribution >= 4 is 0 Å². The van der Waals surface area contributed by atoms with Gasteiger partial charge in [0, 0.05) is 11.8 Å². The zero-order chi connectivity index (χ0) is 15.0. The van der Waals surface area contributed by atoms with Gasteiger partial charge in [-0.3, -0.25) is 0 Å². The number of aliphatic hydroxyl groups excluding tert-OH is 1. The van der Waals surface area contributed by atoms with Crippen LogP contribution < -0.4 is 0 Å². The van der Waals surface area contributed by atoms with Gasteiger partial charge in [-0.2, -0.15) is 4.39 Å². The van der Waals surface area contributed by atoms with E-state index in [4.69, 9.17) is 5.11 Å². The summed E-state index contributed by atoms with van der Waals surface area (Å²) in [6, 6.07) is 0.632. The van der Waals surface area contributed by atoms with E-state index in [0.29, 0.717) is 12.3 Å². The average Bonchev–Trinajstić information content (AvgIpc) is 2.44. The molecule has 0 saturated heterocycles. The standard InChI is InChI=1S/C12H5F6NO/c13-6-1-4(3-20)5(2-19-6)7-8(14)10(16)12(18)11(17)9(7)15/h1-2,20H,3H2. The third-order valence-corrected chi connectivity index (χ3v) is 2.61. The molecule has 1 N–H and O–H groups in total. The number of hydrogen-bond donors (Lipinski definition) is 1. The number of halogens is 6. The van der Waals surface area contributed by atoms with Crippen LogP contribution in [0.5, 0.6) is 0 Å². The van der Waals surface area contributed by atoms with Crippen LogP contribution in [0, 0.1) is 35.0 Å². The number of pyridine rings is 1. The van der Waals surface area contributed by atoms with E-state index in [1.165, 1.54) is 0 Å². The molecule has 0 radical (unpaired) electrons. The van der Waals surface area contributed by atoms with E-state index < -0.39 is 52.8 Å². The number of hydrogen-bond acceptors (Lipinski definition) is 2. The Hall–Kier alpha value is -2.09. The van der Waals surface area contributed by atoms with Gasteiger partial charge in [0.05, 0.1) is 12.2 Å². The molecule has 20 heavy (non-hydrogen) atoms. The lowest BCUT2D eigenvalue weighted by Gasteiger charge is -2.11. The summed E-state index contributed by atoms with van der Waals surface area (Å²) in [6.45, 7) is -0.867. The summed E-state index contributed by atoms with van der Waals surface area (Å²) in [5, 5.41) is 8.98. The molecule has 1 heterocycles. The zero-order valence-corrected chi connectivity index (χ0v) is 9.52. The summed E-state index contributed by atoms with van der Waals surface area (Å²) in [5.74, 6) is -11.8. The first-order valence-electron chi connectivity index (χ1n) is 5.15. The molecular weight excluding hydrogens is 288 g/mol. The summed E-state index contributed by atoms with van der Waals surface area (Å²) in [5.41, 5.74) is -2.21. The van der Waals surface area contributed by atoms with Gasteiger partial charge in [0.1, 0.15) is 0 Å². The molecule has 106 valence electrons. The van der Waals surface area contributed by atoms with Crippen LogP contribution in [0.1, 0.15) is 5.56 Å². The second-order valence-electron chi connectivity index (χ2n) is 3.77. The minimum absolute atomic E-state index is 0.360. The Balaban J connectivity index is 2.83. The predicted molar refractivity (Wildman–Crippen MR) is 55.3 cm³/mol. The Morgan fingerprint density at radius 2 is 1.35 bits per heavy atom. The lowest BCUT2D eigenvalue weighted by atomic mass is 10.0. The Kier molecular flexibility index (Phi) is 3.67. The molecule has 0 bridgehead atoms. The molecule has 2 rings (SSSR count). The second-order valence-corrected chi connectivity index (χ2v) is 3.77. The highest BCUT2D eigenvalue weighted by atomic mass is 19.2. The fourth-order valence-electron chi connectivity index (χ4n) is 1.67. The molecule has 0 unspecified atom stereocenters. The van der Waals surface area contributed by atoms with Crippen LogP contribution in [-0.4, -0.2) is 10.1 Å². The number of benzene rings is 1. The van der Waals surface area contributed by atoms with E-state index >= 15 is 0 Å². The molecule has 1 aromatic carbocycles. The first-order valence-corrected chi connectivity index (χ1v) is 5.15. The fraction of sp³-hybridized carbons (Fsp3) is 0.0833. The monoisotopic (exact) mass is 293 g/mol. The first kappa shape index (κ1) is 14.3. The average molecular weight is 293 g/mol. The van der Waals surface area contributed by atoms with Crippen molar-refractivity contribution in [2.45, 2.75) is 6.61 Å². The maximum atomic E-state index is 13.6. The van der Waals surface area contributed by atoms with Crippen LogP contribution in [0.4, 0.5) is 26.3 Å². The summed E-state index contributed by atoms with van der Waals surface area (Å²) in [4.78, 5) is 3.08. The van der Waals surface area contributed by atoms with E-state index in [9.17, 15) is 26.3 Å². The van der Waals surface area contributed by atoms with Crippen molar-refractivity contribution in [2.75, 3.05) is 0 Å². The van der Waals surface area contributed by atoms with E-state index in [-0.39, 0.29) is 5.56 Å². The Bertz CT molecular complexity index is 659. The predicted octanol–water partition coefficient (Wildman–Crippen LogP) is 3.08. The Morgan fingerprint density at radius 3 is 1.85 bits per heavy atom. The maximum absolute atomic E-state index is 13.6. The lowest BCUT2D eigenvalue weighted by molar-refractivity contribution is 0.281. The van der Waals surface area contributed by atoms with Crippen LogP contribution in [0.3, 0.4) is 0 Å². The van der Waals surface area contributed by atoms with Crippen LogP contribution in [0.25, 0.3) is 11.1 Å². The van der Waals surface area contributed by atoms with Gasteiger partial charge in [-0.1, -0.05) is 0 Å². The molecule has 2 aromatic rings. The Morgan fingerprint density at radius 1 is 0.850 bits per heavy atom. The van der Waals surface area contributed by atoms with Crippen molar-refractivity contribution in [1.29, 1.82) is 0 Å².